The first-order valence-corrected chi connectivity index (χ1v) is 6.82. The van der Waals surface area contributed by atoms with Gasteiger partial charge in [0.2, 0.25) is 0 Å². The maximum absolute atomic E-state index is 12.2. The van der Waals surface area contributed by atoms with Gasteiger partial charge in [-0.05, 0) is 31.0 Å². The standard InChI is InChI=1S/C17H19NO3/c1-12(11-13-7-4-3-5-8-13)18-17(20)14-9-6-10-15(21-2)16(14)19/h3-10,12,19H,11H2,1-2H3,(H,18,20). The molecular weight excluding hydrogens is 266 g/mol. The third kappa shape index (κ3) is 3.75. The van der Waals surface area contributed by atoms with Crippen LogP contribution < -0.4 is 10.1 Å². The number of benzene rings is 2. The largest absolute Gasteiger partial charge is 0.504 e. The molecule has 2 rings (SSSR count). The molecule has 21 heavy (non-hydrogen) atoms. The number of phenolic OH excluding ortho intramolecular Hbond substituents is 1. The second kappa shape index (κ2) is 6.79. The molecule has 2 aromatic carbocycles. The number of nitrogens with one attached hydrogen (secondary N) is 1. The Bertz CT molecular complexity index is 611. The van der Waals surface area contributed by atoms with Crippen LogP contribution in [0, 0.1) is 0 Å². The smallest absolute Gasteiger partial charge is 0.255 e. The predicted molar refractivity (Wildman–Crippen MR) is 81.7 cm³/mol. The number of aromatic hydroxyl groups is 1. The Labute approximate surface area is 124 Å². The maximum Gasteiger partial charge on any atom is 0.255 e. The average molecular weight is 285 g/mol. The van der Waals surface area contributed by atoms with Gasteiger partial charge in [0.15, 0.2) is 11.5 Å². The number of ether oxygens (including phenoxy) is 1. The second-order valence-corrected chi connectivity index (χ2v) is 4.92. The summed E-state index contributed by atoms with van der Waals surface area (Å²) in [6, 6.07) is 14.8. The van der Waals surface area contributed by atoms with Crippen molar-refractivity contribution in [3.63, 3.8) is 0 Å². The van der Waals surface area contributed by atoms with Gasteiger partial charge in [-0.25, -0.2) is 0 Å². The number of carbonyl (C=O) groups is 1. The van der Waals surface area contributed by atoms with E-state index < -0.39 is 0 Å². The summed E-state index contributed by atoms with van der Waals surface area (Å²) in [5, 5.41) is 12.9. The molecule has 4 nitrogen and oxygen atoms in total. The molecule has 0 saturated carbocycles. The van der Waals surface area contributed by atoms with Crippen molar-refractivity contribution in [2.24, 2.45) is 0 Å². The number of para-hydroxylation sites is 1. The summed E-state index contributed by atoms with van der Waals surface area (Å²) in [6.07, 6.45) is 0.733. The van der Waals surface area contributed by atoms with Crippen LogP contribution >= 0.6 is 0 Å². The van der Waals surface area contributed by atoms with E-state index in [0.29, 0.717) is 5.75 Å². The molecule has 110 valence electrons. The lowest BCUT2D eigenvalue weighted by Crippen LogP contribution is -2.34. The number of hydrogen-bond donors (Lipinski definition) is 2. The fourth-order valence-electron chi connectivity index (χ4n) is 2.19. The van der Waals surface area contributed by atoms with Crippen LogP contribution in [0.5, 0.6) is 11.5 Å². The summed E-state index contributed by atoms with van der Waals surface area (Å²) in [7, 11) is 1.45. The van der Waals surface area contributed by atoms with Crippen LogP contribution in [0.1, 0.15) is 22.8 Å². The highest BCUT2D eigenvalue weighted by atomic mass is 16.5. The fraction of sp³-hybridized carbons (Fsp3) is 0.235. The molecule has 1 atom stereocenters. The van der Waals surface area contributed by atoms with Crippen LogP contribution in [-0.2, 0) is 6.42 Å². The monoisotopic (exact) mass is 285 g/mol. The zero-order valence-electron chi connectivity index (χ0n) is 12.2. The molecule has 0 fully saturated rings. The van der Waals surface area contributed by atoms with E-state index in [2.05, 4.69) is 5.32 Å². The van der Waals surface area contributed by atoms with Gasteiger partial charge in [0.05, 0.1) is 12.7 Å². The molecule has 0 aliphatic rings. The topological polar surface area (TPSA) is 58.6 Å². The van der Waals surface area contributed by atoms with Crippen molar-refractivity contribution in [2.45, 2.75) is 19.4 Å². The fourth-order valence-corrected chi connectivity index (χ4v) is 2.19. The predicted octanol–water partition coefficient (Wildman–Crippen LogP) is 2.76. The Morgan fingerprint density at radius 3 is 2.57 bits per heavy atom. The summed E-state index contributed by atoms with van der Waals surface area (Å²) >= 11 is 0. The first-order valence-electron chi connectivity index (χ1n) is 6.82. The quantitative estimate of drug-likeness (QED) is 0.888. The number of amides is 1. The van der Waals surface area contributed by atoms with Gasteiger partial charge >= 0.3 is 0 Å². The highest BCUT2D eigenvalue weighted by Gasteiger charge is 2.16. The van der Waals surface area contributed by atoms with Crippen molar-refractivity contribution in [3.05, 3.63) is 59.7 Å². The molecule has 0 heterocycles. The molecule has 0 saturated heterocycles. The van der Waals surface area contributed by atoms with Gasteiger partial charge in [-0.3, -0.25) is 4.79 Å². The summed E-state index contributed by atoms with van der Waals surface area (Å²) < 4.78 is 5.01. The molecule has 2 N–H and O–H groups in total. The van der Waals surface area contributed by atoms with Crippen LogP contribution in [0.25, 0.3) is 0 Å². The lowest BCUT2D eigenvalue weighted by Gasteiger charge is -2.15. The van der Waals surface area contributed by atoms with Gasteiger partial charge in [0.25, 0.3) is 5.91 Å². The van der Waals surface area contributed by atoms with Crippen molar-refractivity contribution in [3.8, 4) is 11.5 Å². The molecule has 2 aromatic rings. The van der Waals surface area contributed by atoms with Crippen molar-refractivity contribution < 1.29 is 14.6 Å². The van der Waals surface area contributed by atoms with Crippen LogP contribution in [0.15, 0.2) is 48.5 Å². The Balaban J connectivity index is 2.04. The Kier molecular flexibility index (Phi) is 4.82. The zero-order valence-corrected chi connectivity index (χ0v) is 12.2. The van der Waals surface area contributed by atoms with E-state index in [1.807, 2.05) is 37.3 Å². The SMILES string of the molecule is COc1cccc(C(=O)NC(C)Cc2ccccc2)c1O. The van der Waals surface area contributed by atoms with Crippen molar-refractivity contribution in [2.75, 3.05) is 7.11 Å². The number of rotatable bonds is 5. The summed E-state index contributed by atoms with van der Waals surface area (Å²) in [4.78, 5) is 12.2. The highest BCUT2D eigenvalue weighted by Crippen LogP contribution is 2.29. The molecule has 0 radical (unpaired) electrons. The van der Waals surface area contributed by atoms with Gasteiger partial charge < -0.3 is 15.2 Å². The first-order chi connectivity index (χ1) is 10.1. The van der Waals surface area contributed by atoms with E-state index in [1.165, 1.54) is 7.11 Å². The summed E-state index contributed by atoms with van der Waals surface area (Å²) in [6.45, 7) is 1.93. The minimum atomic E-state index is -0.310. The molecule has 0 aliphatic carbocycles. The van der Waals surface area contributed by atoms with Gasteiger partial charge in [0.1, 0.15) is 0 Å². The lowest BCUT2D eigenvalue weighted by atomic mass is 10.1. The van der Waals surface area contributed by atoms with E-state index in [0.717, 1.165) is 12.0 Å². The second-order valence-electron chi connectivity index (χ2n) is 4.92. The number of phenols is 1. The Morgan fingerprint density at radius 1 is 1.19 bits per heavy atom. The number of hydrogen-bond acceptors (Lipinski definition) is 3. The molecule has 1 unspecified atom stereocenters. The first kappa shape index (κ1) is 14.9. The van der Waals surface area contributed by atoms with Crippen LogP contribution in [0.2, 0.25) is 0 Å². The lowest BCUT2D eigenvalue weighted by molar-refractivity contribution is 0.0937. The summed E-state index contributed by atoms with van der Waals surface area (Å²) in [5.41, 5.74) is 1.37. The zero-order chi connectivity index (χ0) is 15.2. The molecule has 0 aliphatic heterocycles. The van der Waals surface area contributed by atoms with Gasteiger partial charge in [0, 0.05) is 6.04 Å². The van der Waals surface area contributed by atoms with Crippen molar-refractivity contribution >= 4 is 5.91 Å². The third-order valence-corrected chi connectivity index (χ3v) is 3.23. The van der Waals surface area contributed by atoms with Crippen LogP contribution in [0.4, 0.5) is 0 Å². The van der Waals surface area contributed by atoms with E-state index >= 15 is 0 Å². The maximum atomic E-state index is 12.2. The van der Waals surface area contributed by atoms with E-state index in [-0.39, 0.29) is 23.3 Å². The molecule has 1 amide bonds. The summed E-state index contributed by atoms with van der Waals surface area (Å²) in [5.74, 6) is -0.155. The third-order valence-electron chi connectivity index (χ3n) is 3.23. The van der Waals surface area contributed by atoms with Crippen molar-refractivity contribution in [1.29, 1.82) is 0 Å². The van der Waals surface area contributed by atoms with E-state index in [4.69, 9.17) is 4.74 Å². The molecule has 0 spiro atoms. The molecule has 0 aromatic heterocycles. The number of carbonyl (C=O) groups excluding carboxylic acids is 1. The van der Waals surface area contributed by atoms with E-state index in [9.17, 15) is 9.90 Å². The van der Waals surface area contributed by atoms with Crippen LogP contribution in [0.3, 0.4) is 0 Å². The van der Waals surface area contributed by atoms with Crippen molar-refractivity contribution in [1.82, 2.24) is 5.32 Å². The molecule has 0 bridgehead atoms. The molecular formula is C17H19NO3. The number of methoxy groups -OCH3 is 1. The van der Waals surface area contributed by atoms with E-state index in [1.54, 1.807) is 18.2 Å². The minimum absolute atomic E-state index is 0.0366. The Morgan fingerprint density at radius 2 is 1.90 bits per heavy atom. The van der Waals surface area contributed by atoms with Gasteiger partial charge in [-0.15, -0.1) is 0 Å². The Hall–Kier alpha value is -2.49. The minimum Gasteiger partial charge on any atom is -0.504 e. The van der Waals surface area contributed by atoms with Crippen LogP contribution in [-0.4, -0.2) is 24.2 Å². The average Bonchev–Trinajstić information content (AvgIpc) is 2.48. The van der Waals surface area contributed by atoms with Gasteiger partial charge in [-0.1, -0.05) is 36.4 Å². The normalized spacial score (nSPS) is 11.7. The molecule has 4 heteroatoms. The van der Waals surface area contributed by atoms with Gasteiger partial charge in [-0.2, -0.15) is 0 Å². The highest BCUT2D eigenvalue weighted by molar-refractivity contribution is 5.97.